The lowest BCUT2D eigenvalue weighted by molar-refractivity contribution is -0.285. The Kier molecular flexibility index (Phi) is 8.04. The largest absolute Gasteiger partial charge is 0.420 e. The standard InChI is InChI=1S/C26H48O6/c1-17(15-21(3,4)5)25(23(9,10)11,24(12,13)14)19(27)29-30-20(28)26(31-32-26)18(2)16-22(6,7)8/h17-18H,15-16H2,1-14H3. The van der Waals surface area contributed by atoms with Crippen LogP contribution in [0.1, 0.15) is 110 Å². The van der Waals surface area contributed by atoms with E-state index < -0.39 is 34.0 Å². The number of rotatable bonds is 6. The second-order valence-electron chi connectivity index (χ2n) is 14.2. The third-order valence-electron chi connectivity index (χ3n) is 6.65. The molecule has 1 heterocycles. The molecule has 188 valence electrons. The van der Waals surface area contributed by atoms with Gasteiger partial charge in [-0.1, -0.05) is 96.9 Å². The van der Waals surface area contributed by atoms with E-state index >= 15 is 0 Å². The molecule has 0 amide bonds. The monoisotopic (exact) mass is 456 g/mol. The van der Waals surface area contributed by atoms with Crippen LogP contribution < -0.4 is 0 Å². The van der Waals surface area contributed by atoms with Gasteiger partial charge in [0.1, 0.15) is 0 Å². The number of carbonyl (C=O) groups excluding carboxylic acids is 2. The molecule has 32 heavy (non-hydrogen) atoms. The summed E-state index contributed by atoms with van der Waals surface area (Å²) in [6, 6.07) is 0. The molecule has 1 aliphatic heterocycles. The molecule has 1 saturated heterocycles. The van der Waals surface area contributed by atoms with Crippen molar-refractivity contribution in [3.05, 3.63) is 0 Å². The summed E-state index contributed by atoms with van der Waals surface area (Å²) in [5.74, 6) is -3.18. The first-order valence-corrected chi connectivity index (χ1v) is 11.8. The molecule has 0 spiro atoms. The van der Waals surface area contributed by atoms with Crippen molar-refractivity contribution < 1.29 is 29.1 Å². The van der Waals surface area contributed by atoms with Gasteiger partial charge in [-0.3, -0.25) is 0 Å². The smallest absolute Gasteiger partial charge is 0.247 e. The van der Waals surface area contributed by atoms with E-state index in [1.165, 1.54) is 0 Å². The summed E-state index contributed by atoms with van der Waals surface area (Å²) in [4.78, 5) is 47.1. The van der Waals surface area contributed by atoms with E-state index in [1.807, 2.05) is 48.5 Å². The fourth-order valence-electron chi connectivity index (χ4n) is 6.22. The fourth-order valence-corrected chi connectivity index (χ4v) is 6.22. The van der Waals surface area contributed by atoms with Gasteiger partial charge in [0.15, 0.2) is 0 Å². The van der Waals surface area contributed by atoms with E-state index in [0.717, 1.165) is 6.42 Å². The maximum absolute atomic E-state index is 13.8. The number of hydrogen-bond donors (Lipinski definition) is 0. The Morgan fingerprint density at radius 3 is 1.44 bits per heavy atom. The van der Waals surface area contributed by atoms with E-state index in [9.17, 15) is 9.59 Å². The van der Waals surface area contributed by atoms with Gasteiger partial charge in [0.05, 0.1) is 5.41 Å². The van der Waals surface area contributed by atoms with E-state index in [0.29, 0.717) is 6.42 Å². The minimum Gasteiger partial charge on any atom is -0.247 e. The van der Waals surface area contributed by atoms with Gasteiger partial charge in [0.2, 0.25) is 0 Å². The first kappa shape index (κ1) is 28.9. The van der Waals surface area contributed by atoms with Crippen LogP contribution in [-0.4, -0.2) is 17.7 Å². The fraction of sp³-hybridized carbons (Fsp3) is 0.923. The predicted molar refractivity (Wildman–Crippen MR) is 125 cm³/mol. The Morgan fingerprint density at radius 2 is 1.12 bits per heavy atom. The molecular weight excluding hydrogens is 408 g/mol. The van der Waals surface area contributed by atoms with Crippen molar-refractivity contribution in [2.75, 3.05) is 0 Å². The maximum atomic E-state index is 13.8. The Bertz CT molecular complexity index is 663. The van der Waals surface area contributed by atoms with Crippen molar-refractivity contribution in [1.29, 1.82) is 0 Å². The molecule has 1 rings (SSSR count). The lowest BCUT2D eigenvalue weighted by Gasteiger charge is -2.55. The van der Waals surface area contributed by atoms with Crippen LogP contribution in [0.25, 0.3) is 0 Å². The number of hydrogen-bond acceptors (Lipinski definition) is 6. The minimum absolute atomic E-state index is 0.0141. The van der Waals surface area contributed by atoms with Crippen molar-refractivity contribution in [2.24, 2.45) is 38.9 Å². The molecule has 1 aliphatic rings. The molecule has 0 bridgehead atoms. The molecule has 0 saturated carbocycles. The molecule has 2 unspecified atom stereocenters. The molecule has 6 nitrogen and oxygen atoms in total. The molecule has 0 aromatic rings. The van der Waals surface area contributed by atoms with Crippen molar-refractivity contribution in [3.8, 4) is 0 Å². The van der Waals surface area contributed by atoms with Crippen LogP contribution in [-0.2, 0) is 29.1 Å². The molecule has 0 radical (unpaired) electrons. The van der Waals surface area contributed by atoms with Crippen LogP contribution in [0.4, 0.5) is 0 Å². The van der Waals surface area contributed by atoms with Crippen LogP contribution in [0, 0.1) is 38.9 Å². The minimum atomic E-state index is -1.52. The SMILES string of the molecule is CC(CC(C)(C)C)C1(C(=O)OOC(=O)C(C(C)CC(C)(C)C)(C(C)(C)C)C(C)(C)C)OO1. The van der Waals surface area contributed by atoms with E-state index in [4.69, 9.17) is 19.6 Å². The van der Waals surface area contributed by atoms with Gasteiger partial charge in [-0.2, -0.15) is 9.78 Å². The van der Waals surface area contributed by atoms with Crippen LogP contribution in [0.2, 0.25) is 0 Å². The predicted octanol–water partition coefficient (Wildman–Crippen LogP) is 6.87. The summed E-state index contributed by atoms with van der Waals surface area (Å²) in [7, 11) is 0. The average Bonchev–Trinajstić information content (AvgIpc) is 3.28. The quantitative estimate of drug-likeness (QED) is 0.246. The second-order valence-corrected chi connectivity index (χ2v) is 14.2. The van der Waals surface area contributed by atoms with Crippen LogP contribution in [0.15, 0.2) is 0 Å². The van der Waals surface area contributed by atoms with Gasteiger partial charge in [0.25, 0.3) is 0 Å². The molecule has 1 fully saturated rings. The molecule has 0 aromatic carbocycles. The van der Waals surface area contributed by atoms with Crippen LogP contribution in [0.3, 0.4) is 0 Å². The topological polar surface area (TPSA) is 77.7 Å². The average molecular weight is 457 g/mol. The van der Waals surface area contributed by atoms with Crippen LogP contribution in [0.5, 0.6) is 0 Å². The highest BCUT2D eigenvalue weighted by Gasteiger charge is 2.65. The highest BCUT2D eigenvalue weighted by Crippen LogP contribution is 2.59. The molecule has 2 atom stereocenters. The zero-order valence-corrected chi connectivity index (χ0v) is 23.0. The summed E-state index contributed by atoms with van der Waals surface area (Å²) in [6.45, 7) is 28.9. The van der Waals surface area contributed by atoms with Gasteiger partial charge in [-0.25, -0.2) is 19.4 Å². The molecule has 0 aromatic heterocycles. The highest BCUT2D eigenvalue weighted by atomic mass is 17.4. The van der Waals surface area contributed by atoms with Gasteiger partial charge in [-0.05, 0) is 40.4 Å². The first-order valence-electron chi connectivity index (χ1n) is 11.8. The Labute approximate surface area is 195 Å². The molecule has 6 heteroatoms. The molecular formula is C26H48O6. The molecule has 0 aliphatic carbocycles. The van der Waals surface area contributed by atoms with Crippen molar-refractivity contribution in [3.63, 3.8) is 0 Å². The van der Waals surface area contributed by atoms with Gasteiger partial charge < -0.3 is 0 Å². The third kappa shape index (κ3) is 6.05. The zero-order valence-electron chi connectivity index (χ0n) is 23.0. The summed E-state index contributed by atoms with van der Waals surface area (Å²) in [6.07, 6.45) is 1.48. The normalized spacial score (nSPS) is 19.2. The van der Waals surface area contributed by atoms with Crippen molar-refractivity contribution in [1.82, 2.24) is 0 Å². The van der Waals surface area contributed by atoms with Crippen molar-refractivity contribution in [2.45, 2.75) is 116 Å². The summed E-state index contributed by atoms with van der Waals surface area (Å²) in [5, 5.41) is 0. The molecule has 0 N–H and O–H groups in total. The summed E-state index contributed by atoms with van der Waals surface area (Å²) in [5.41, 5.74) is -1.84. The lowest BCUT2D eigenvalue weighted by Crippen LogP contribution is -2.57. The lowest BCUT2D eigenvalue weighted by atomic mass is 9.47. The third-order valence-corrected chi connectivity index (χ3v) is 6.65. The van der Waals surface area contributed by atoms with Gasteiger partial charge in [-0.15, -0.1) is 0 Å². The van der Waals surface area contributed by atoms with Gasteiger partial charge in [0, 0.05) is 5.92 Å². The Morgan fingerprint density at radius 1 is 0.719 bits per heavy atom. The van der Waals surface area contributed by atoms with E-state index in [2.05, 4.69) is 48.5 Å². The summed E-state index contributed by atoms with van der Waals surface area (Å²) < 4.78 is 0. The van der Waals surface area contributed by atoms with E-state index in [-0.39, 0.29) is 22.7 Å². The zero-order chi connectivity index (χ0) is 25.6. The van der Waals surface area contributed by atoms with Crippen molar-refractivity contribution >= 4 is 11.9 Å². The van der Waals surface area contributed by atoms with E-state index in [1.54, 1.807) is 0 Å². The Hall–Kier alpha value is -1.14. The maximum Gasteiger partial charge on any atom is 0.420 e. The van der Waals surface area contributed by atoms with Gasteiger partial charge >= 0.3 is 17.7 Å². The first-order chi connectivity index (χ1) is 14.0. The highest BCUT2D eigenvalue weighted by molar-refractivity contribution is 5.82. The van der Waals surface area contributed by atoms with Crippen LogP contribution >= 0.6 is 0 Å². The summed E-state index contributed by atoms with van der Waals surface area (Å²) >= 11 is 0. The Balaban J connectivity index is 3.19. The second kappa shape index (κ2) is 8.90. The number of carbonyl (C=O) groups is 2.